The molecule has 0 aliphatic rings. The number of halogens is 5. The fourth-order valence-corrected chi connectivity index (χ4v) is 2.17. The largest absolute Gasteiger partial charge is 0.458 e. The van der Waals surface area contributed by atoms with Crippen LogP contribution in [0.15, 0.2) is 48.5 Å². The molecule has 0 heterocycles. The van der Waals surface area contributed by atoms with Crippen LogP contribution in [-0.2, 0) is 12.5 Å². The summed E-state index contributed by atoms with van der Waals surface area (Å²) in [5, 5.41) is 5.45. The lowest BCUT2D eigenvalue weighted by molar-refractivity contribution is -0.289. The summed E-state index contributed by atoms with van der Waals surface area (Å²) in [5.74, 6) is -5.31. The van der Waals surface area contributed by atoms with Crippen LogP contribution in [0.4, 0.5) is 27.6 Å². The smallest absolute Gasteiger partial charge is 0.387 e. The van der Waals surface area contributed by atoms with Gasteiger partial charge in [0.1, 0.15) is 0 Å². The first-order valence-corrected chi connectivity index (χ1v) is 7.25. The van der Waals surface area contributed by atoms with E-state index >= 15 is 0 Å². The molecule has 2 N–H and O–H groups in total. The zero-order valence-electron chi connectivity index (χ0n) is 13.1. The number of amides is 1. The molecule has 2 aromatic rings. The minimum Gasteiger partial charge on any atom is -0.387 e. The Hall–Kier alpha value is -2.64. The molecule has 0 fully saturated rings. The minimum atomic E-state index is -5.65. The van der Waals surface area contributed by atoms with Gasteiger partial charge in [0.15, 0.2) is 0 Å². The van der Waals surface area contributed by atoms with E-state index in [9.17, 15) is 26.7 Å². The number of alkyl halides is 5. The molecule has 0 radical (unpaired) electrons. The summed E-state index contributed by atoms with van der Waals surface area (Å²) in [6.45, 7) is -0.00521. The van der Waals surface area contributed by atoms with Gasteiger partial charge in [0, 0.05) is 24.8 Å². The van der Waals surface area contributed by atoms with Crippen molar-refractivity contribution in [3.8, 4) is 0 Å². The molecular formula is C17H15F5N2O. The van der Waals surface area contributed by atoms with E-state index in [2.05, 4.69) is 10.6 Å². The summed E-state index contributed by atoms with van der Waals surface area (Å²) in [4.78, 5) is 12.1. The predicted molar refractivity (Wildman–Crippen MR) is 83.5 cm³/mol. The summed E-state index contributed by atoms with van der Waals surface area (Å²) < 4.78 is 63.4. The molecule has 2 rings (SSSR count). The molecule has 25 heavy (non-hydrogen) atoms. The second-order valence-corrected chi connectivity index (χ2v) is 5.25. The Bertz CT molecular complexity index is 741. The summed E-state index contributed by atoms with van der Waals surface area (Å²) in [6.07, 6.45) is -5.65. The Balaban J connectivity index is 2.06. The van der Waals surface area contributed by atoms with Crippen LogP contribution in [0.3, 0.4) is 0 Å². The van der Waals surface area contributed by atoms with Gasteiger partial charge in [-0.2, -0.15) is 22.0 Å². The number of carbonyl (C=O) groups excluding carboxylic acids is 1. The van der Waals surface area contributed by atoms with Crippen LogP contribution in [0, 0.1) is 0 Å². The monoisotopic (exact) mass is 358 g/mol. The third kappa shape index (κ3) is 4.07. The van der Waals surface area contributed by atoms with E-state index in [4.69, 9.17) is 0 Å². The molecule has 8 heteroatoms. The van der Waals surface area contributed by atoms with Crippen LogP contribution < -0.4 is 10.6 Å². The molecule has 0 spiro atoms. The number of carbonyl (C=O) groups is 1. The maximum Gasteiger partial charge on any atom is 0.458 e. The first-order valence-electron chi connectivity index (χ1n) is 7.25. The molecule has 0 aliphatic heterocycles. The number of benzene rings is 2. The predicted octanol–water partition coefficient (Wildman–Crippen LogP) is 4.31. The van der Waals surface area contributed by atoms with Gasteiger partial charge >= 0.3 is 12.1 Å². The number of hydrogen-bond donors (Lipinski definition) is 2. The van der Waals surface area contributed by atoms with E-state index in [1.54, 1.807) is 31.3 Å². The molecular weight excluding hydrogens is 343 g/mol. The quantitative estimate of drug-likeness (QED) is 0.782. The third-order valence-corrected chi connectivity index (χ3v) is 3.57. The highest BCUT2D eigenvalue weighted by molar-refractivity contribution is 5.99. The average Bonchev–Trinajstić information content (AvgIpc) is 2.59. The van der Waals surface area contributed by atoms with E-state index in [-0.39, 0.29) is 6.54 Å². The zero-order chi connectivity index (χ0) is 18.7. The summed E-state index contributed by atoms with van der Waals surface area (Å²) >= 11 is 0. The highest BCUT2D eigenvalue weighted by Gasteiger charge is 2.58. The lowest BCUT2D eigenvalue weighted by atomic mass is 10.1. The Morgan fingerprint density at radius 2 is 1.56 bits per heavy atom. The lowest BCUT2D eigenvalue weighted by Crippen LogP contribution is -2.33. The highest BCUT2D eigenvalue weighted by atomic mass is 19.4. The van der Waals surface area contributed by atoms with Crippen LogP contribution in [0.5, 0.6) is 0 Å². The molecule has 0 bridgehead atoms. The Morgan fingerprint density at radius 3 is 2.12 bits per heavy atom. The second-order valence-electron chi connectivity index (χ2n) is 5.25. The van der Waals surface area contributed by atoms with Gasteiger partial charge in [-0.3, -0.25) is 4.79 Å². The van der Waals surface area contributed by atoms with Crippen LogP contribution >= 0.6 is 0 Å². The number of nitrogens with one attached hydrogen (secondary N) is 2. The third-order valence-electron chi connectivity index (χ3n) is 3.57. The molecule has 0 aliphatic carbocycles. The fraction of sp³-hybridized carbons (Fsp3) is 0.235. The summed E-state index contributed by atoms with van der Waals surface area (Å²) in [7, 11) is 1.66. The van der Waals surface area contributed by atoms with Gasteiger partial charge in [0.25, 0.3) is 5.91 Å². The standard InChI is InChI=1S/C17H15F5N2O/c1-23-14-5-3-2-4-13(14)15(25)24-10-11-6-8-12(9-7-11)16(18,19)17(20,21)22/h2-9,23H,10H2,1H3,(H,24,25). The van der Waals surface area contributed by atoms with Gasteiger partial charge in [0.05, 0.1) is 5.56 Å². The number of hydrogen-bond acceptors (Lipinski definition) is 2. The van der Waals surface area contributed by atoms with Crippen LogP contribution in [-0.4, -0.2) is 19.1 Å². The van der Waals surface area contributed by atoms with Crippen LogP contribution in [0.2, 0.25) is 0 Å². The fourth-order valence-electron chi connectivity index (χ4n) is 2.17. The molecule has 1 amide bonds. The van der Waals surface area contributed by atoms with Gasteiger partial charge < -0.3 is 10.6 Å². The van der Waals surface area contributed by atoms with E-state index < -0.39 is 23.6 Å². The summed E-state index contributed by atoms with van der Waals surface area (Å²) in [6, 6.07) is 10.4. The molecule has 2 aromatic carbocycles. The van der Waals surface area contributed by atoms with Gasteiger partial charge in [-0.25, -0.2) is 0 Å². The number of para-hydroxylation sites is 1. The van der Waals surface area contributed by atoms with Crippen LogP contribution in [0.25, 0.3) is 0 Å². The van der Waals surface area contributed by atoms with Crippen LogP contribution in [0.1, 0.15) is 21.5 Å². The second kappa shape index (κ2) is 7.08. The first-order chi connectivity index (χ1) is 11.7. The Kier molecular flexibility index (Phi) is 5.30. The van der Waals surface area contributed by atoms with E-state index in [0.29, 0.717) is 28.9 Å². The number of anilines is 1. The zero-order valence-corrected chi connectivity index (χ0v) is 13.1. The Labute approximate surface area is 140 Å². The van der Waals surface area contributed by atoms with Crippen molar-refractivity contribution in [3.63, 3.8) is 0 Å². The van der Waals surface area contributed by atoms with Crippen molar-refractivity contribution in [3.05, 3.63) is 65.2 Å². The molecule has 0 atom stereocenters. The minimum absolute atomic E-state index is 0.00521. The lowest BCUT2D eigenvalue weighted by Gasteiger charge is -2.20. The normalized spacial score (nSPS) is 11.9. The molecule has 0 saturated carbocycles. The van der Waals surface area contributed by atoms with Crippen molar-refractivity contribution in [1.29, 1.82) is 0 Å². The molecule has 0 unspecified atom stereocenters. The van der Waals surface area contributed by atoms with Crippen molar-refractivity contribution in [2.75, 3.05) is 12.4 Å². The first kappa shape index (κ1) is 18.7. The molecule has 134 valence electrons. The average molecular weight is 358 g/mol. The Morgan fingerprint density at radius 1 is 0.960 bits per heavy atom. The maximum absolute atomic E-state index is 13.2. The van der Waals surface area contributed by atoms with E-state index in [0.717, 1.165) is 12.1 Å². The molecule has 0 saturated heterocycles. The van der Waals surface area contributed by atoms with E-state index in [1.165, 1.54) is 0 Å². The molecule has 0 aromatic heterocycles. The van der Waals surface area contributed by atoms with Crippen molar-refractivity contribution < 1.29 is 26.7 Å². The SMILES string of the molecule is CNc1ccccc1C(=O)NCc1ccc(C(F)(F)C(F)(F)F)cc1. The van der Waals surface area contributed by atoms with Crippen molar-refractivity contribution in [2.45, 2.75) is 18.6 Å². The van der Waals surface area contributed by atoms with Gasteiger partial charge in [-0.05, 0) is 17.7 Å². The highest BCUT2D eigenvalue weighted by Crippen LogP contribution is 2.43. The van der Waals surface area contributed by atoms with Crippen molar-refractivity contribution in [2.24, 2.45) is 0 Å². The van der Waals surface area contributed by atoms with Gasteiger partial charge in [-0.15, -0.1) is 0 Å². The molecule has 3 nitrogen and oxygen atoms in total. The van der Waals surface area contributed by atoms with E-state index in [1.807, 2.05) is 0 Å². The topological polar surface area (TPSA) is 41.1 Å². The van der Waals surface area contributed by atoms with Crippen molar-refractivity contribution in [1.82, 2.24) is 5.32 Å². The van der Waals surface area contributed by atoms with Gasteiger partial charge in [-0.1, -0.05) is 36.4 Å². The van der Waals surface area contributed by atoms with Gasteiger partial charge in [0.2, 0.25) is 0 Å². The maximum atomic E-state index is 13.2. The number of rotatable bonds is 5. The van der Waals surface area contributed by atoms with Crippen molar-refractivity contribution >= 4 is 11.6 Å². The summed E-state index contributed by atoms with van der Waals surface area (Å²) in [5.41, 5.74) is 0.262.